The molecule has 4 heteroatoms. The maximum absolute atomic E-state index is 12.2. The zero-order valence-corrected chi connectivity index (χ0v) is 12.5. The standard InChI is InChI=1S/C16H24N2O2/c1-11-6-4-5-7-13(11)8-12(2)18-16(19)15-9-14(20-3)10-17-15/h4-7,12,14-15,17H,8-10H2,1-3H3,(H,18,19). The second-order valence-electron chi connectivity index (χ2n) is 5.59. The van der Waals surface area contributed by atoms with Gasteiger partial charge in [0.1, 0.15) is 0 Å². The molecule has 110 valence electrons. The van der Waals surface area contributed by atoms with Crippen LogP contribution in [0.1, 0.15) is 24.5 Å². The highest BCUT2D eigenvalue weighted by atomic mass is 16.5. The van der Waals surface area contributed by atoms with E-state index in [0.29, 0.717) is 0 Å². The van der Waals surface area contributed by atoms with Crippen LogP contribution in [0.25, 0.3) is 0 Å². The molecule has 0 saturated carbocycles. The van der Waals surface area contributed by atoms with Gasteiger partial charge in [-0.05, 0) is 37.8 Å². The highest BCUT2D eigenvalue weighted by Gasteiger charge is 2.29. The molecule has 1 amide bonds. The van der Waals surface area contributed by atoms with Gasteiger partial charge in [0.2, 0.25) is 5.91 Å². The lowest BCUT2D eigenvalue weighted by Crippen LogP contribution is -2.44. The number of methoxy groups -OCH3 is 1. The minimum Gasteiger partial charge on any atom is -0.380 e. The predicted molar refractivity (Wildman–Crippen MR) is 79.7 cm³/mol. The predicted octanol–water partition coefficient (Wildman–Crippen LogP) is 1.42. The summed E-state index contributed by atoms with van der Waals surface area (Å²) in [5.41, 5.74) is 2.56. The number of aryl methyl sites for hydroxylation is 1. The Kier molecular flexibility index (Phi) is 5.15. The van der Waals surface area contributed by atoms with E-state index in [0.717, 1.165) is 19.4 Å². The molecule has 2 rings (SSSR count). The Morgan fingerprint density at radius 2 is 2.25 bits per heavy atom. The third kappa shape index (κ3) is 3.81. The van der Waals surface area contributed by atoms with Gasteiger partial charge in [-0.2, -0.15) is 0 Å². The van der Waals surface area contributed by atoms with Crippen LogP contribution in [0.2, 0.25) is 0 Å². The van der Waals surface area contributed by atoms with Gasteiger partial charge < -0.3 is 15.4 Å². The number of benzene rings is 1. The highest BCUT2D eigenvalue weighted by Crippen LogP contribution is 2.12. The van der Waals surface area contributed by atoms with Crippen LogP contribution in [0.15, 0.2) is 24.3 Å². The van der Waals surface area contributed by atoms with Gasteiger partial charge >= 0.3 is 0 Å². The van der Waals surface area contributed by atoms with E-state index in [1.54, 1.807) is 7.11 Å². The first kappa shape index (κ1) is 15.0. The van der Waals surface area contributed by atoms with Crippen LogP contribution < -0.4 is 10.6 Å². The molecule has 3 unspecified atom stereocenters. The highest BCUT2D eigenvalue weighted by molar-refractivity contribution is 5.82. The van der Waals surface area contributed by atoms with E-state index in [-0.39, 0.29) is 24.1 Å². The second-order valence-corrected chi connectivity index (χ2v) is 5.59. The Morgan fingerprint density at radius 3 is 2.90 bits per heavy atom. The molecule has 4 nitrogen and oxygen atoms in total. The molecular formula is C16H24N2O2. The summed E-state index contributed by atoms with van der Waals surface area (Å²) in [7, 11) is 1.69. The molecule has 0 aromatic heterocycles. The molecule has 0 aliphatic carbocycles. The van der Waals surface area contributed by atoms with E-state index in [1.165, 1.54) is 11.1 Å². The molecule has 1 aromatic carbocycles. The molecule has 0 spiro atoms. The Morgan fingerprint density at radius 1 is 1.50 bits per heavy atom. The Bertz CT molecular complexity index is 462. The number of amides is 1. The van der Waals surface area contributed by atoms with Gasteiger partial charge in [0.05, 0.1) is 12.1 Å². The van der Waals surface area contributed by atoms with E-state index in [1.807, 2.05) is 19.1 Å². The normalized spacial score (nSPS) is 23.6. The van der Waals surface area contributed by atoms with Gasteiger partial charge in [0.25, 0.3) is 0 Å². The molecule has 1 saturated heterocycles. The van der Waals surface area contributed by atoms with Gasteiger partial charge in [-0.15, -0.1) is 0 Å². The minimum atomic E-state index is -0.126. The van der Waals surface area contributed by atoms with E-state index < -0.39 is 0 Å². The third-order valence-corrected chi connectivity index (χ3v) is 3.92. The van der Waals surface area contributed by atoms with Crippen LogP contribution in [-0.2, 0) is 16.0 Å². The van der Waals surface area contributed by atoms with Crippen LogP contribution in [0.4, 0.5) is 0 Å². The summed E-state index contributed by atoms with van der Waals surface area (Å²) >= 11 is 0. The fourth-order valence-electron chi connectivity index (χ4n) is 2.65. The van der Waals surface area contributed by atoms with E-state index in [9.17, 15) is 4.79 Å². The maximum atomic E-state index is 12.2. The maximum Gasteiger partial charge on any atom is 0.237 e. The number of carbonyl (C=O) groups is 1. The first-order chi connectivity index (χ1) is 9.60. The number of rotatable bonds is 5. The van der Waals surface area contributed by atoms with Crippen LogP contribution >= 0.6 is 0 Å². The van der Waals surface area contributed by atoms with Crippen molar-refractivity contribution in [2.45, 2.75) is 44.9 Å². The van der Waals surface area contributed by atoms with E-state index in [4.69, 9.17) is 4.74 Å². The summed E-state index contributed by atoms with van der Waals surface area (Å²) in [6.07, 6.45) is 1.76. The molecule has 1 aliphatic heterocycles. The number of carbonyl (C=O) groups excluding carboxylic acids is 1. The van der Waals surface area contributed by atoms with Crippen molar-refractivity contribution in [3.8, 4) is 0 Å². The number of ether oxygens (including phenoxy) is 1. The summed E-state index contributed by atoms with van der Waals surface area (Å²) in [6.45, 7) is 4.90. The average molecular weight is 276 g/mol. The summed E-state index contributed by atoms with van der Waals surface area (Å²) in [5.74, 6) is 0.0747. The third-order valence-electron chi connectivity index (χ3n) is 3.92. The summed E-state index contributed by atoms with van der Waals surface area (Å²) in [5, 5.41) is 6.29. The molecule has 1 aliphatic rings. The number of nitrogens with one attached hydrogen (secondary N) is 2. The zero-order valence-electron chi connectivity index (χ0n) is 12.5. The van der Waals surface area contributed by atoms with Gasteiger partial charge in [0, 0.05) is 19.7 Å². The van der Waals surface area contributed by atoms with Gasteiger partial charge in [-0.1, -0.05) is 24.3 Å². The molecule has 1 heterocycles. The zero-order chi connectivity index (χ0) is 14.5. The Hall–Kier alpha value is -1.39. The smallest absolute Gasteiger partial charge is 0.237 e. The molecule has 1 aromatic rings. The molecule has 0 radical (unpaired) electrons. The molecular weight excluding hydrogens is 252 g/mol. The minimum absolute atomic E-state index is 0.0747. The number of hydrogen-bond acceptors (Lipinski definition) is 3. The lowest BCUT2D eigenvalue weighted by Gasteiger charge is -2.18. The van der Waals surface area contributed by atoms with Crippen molar-refractivity contribution in [2.75, 3.05) is 13.7 Å². The van der Waals surface area contributed by atoms with Crippen LogP contribution in [-0.4, -0.2) is 37.7 Å². The van der Waals surface area contributed by atoms with Crippen molar-refractivity contribution in [1.82, 2.24) is 10.6 Å². The van der Waals surface area contributed by atoms with Crippen LogP contribution in [0.5, 0.6) is 0 Å². The fourth-order valence-corrected chi connectivity index (χ4v) is 2.65. The fraction of sp³-hybridized carbons (Fsp3) is 0.562. The first-order valence-corrected chi connectivity index (χ1v) is 7.21. The summed E-state index contributed by atoms with van der Waals surface area (Å²) in [6, 6.07) is 8.30. The van der Waals surface area contributed by atoms with Gasteiger partial charge in [-0.25, -0.2) is 0 Å². The van der Waals surface area contributed by atoms with Gasteiger partial charge in [0.15, 0.2) is 0 Å². The van der Waals surface area contributed by atoms with Crippen LogP contribution in [0.3, 0.4) is 0 Å². The summed E-state index contributed by atoms with van der Waals surface area (Å²) in [4.78, 5) is 12.2. The van der Waals surface area contributed by atoms with Crippen LogP contribution in [0, 0.1) is 6.92 Å². The first-order valence-electron chi connectivity index (χ1n) is 7.21. The average Bonchev–Trinajstić information content (AvgIpc) is 2.90. The number of hydrogen-bond donors (Lipinski definition) is 2. The molecule has 20 heavy (non-hydrogen) atoms. The summed E-state index contributed by atoms with van der Waals surface area (Å²) < 4.78 is 5.27. The lowest BCUT2D eigenvalue weighted by molar-refractivity contribution is -0.123. The van der Waals surface area contributed by atoms with E-state index >= 15 is 0 Å². The Balaban J connectivity index is 1.84. The van der Waals surface area contributed by atoms with Crippen molar-refractivity contribution >= 4 is 5.91 Å². The molecule has 2 N–H and O–H groups in total. The quantitative estimate of drug-likeness (QED) is 0.855. The largest absolute Gasteiger partial charge is 0.380 e. The van der Waals surface area contributed by atoms with Crippen molar-refractivity contribution in [1.29, 1.82) is 0 Å². The topological polar surface area (TPSA) is 50.4 Å². The van der Waals surface area contributed by atoms with Crippen molar-refractivity contribution < 1.29 is 9.53 Å². The lowest BCUT2D eigenvalue weighted by atomic mass is 10.0. The monoisotopic (exact) mass is 276 g/mol. The van der Waals surface area contributed by atoms with E-state index in [2.05, 4.69) is 29.7 Å². The second kappa shape index (κ2) is 6.86. The SMILES string of the molecule is COC1CNC(C(=O)NC(C)Cc2ccccc2C)C1. The molecule has 1 fully saturated rings. The van der Waals surface area contributed by atoms with Crippen molar-refractivity contribution in [3.05, 3.63) is 35.4 Å². The Labute approximate surface area is 120 Å². The van der Waals surface area contributed by atoms with Gasteiger partial charge in [-0.3, -0.25) is 4.79 Å². The van der Waals surface area contributed by atoms with Crippen molar-refractivity contribution in [3.63, 3.8) is 0 Å². The molecule has 0 bridgehead atoms. The molecule has 3 atom stereocenters. The van der Waals surface area contributed by atoms with Crippen molar-refractivity contribution in [2.24, 2.45) is 0 Å².